The highest BCUT2D eigenvalue weighted by Crippen LogP contribution is 2.13. The van der Waals surface area contributed by atoms with Gasteiger partial charge in [0, 0.05) is 6.54 Å². The lowest BCUT2D eigenvalue weighted by molar-refractivity contribution is 0.575. The molecule has 0 unspecified atom stereocenters. The van der Waals surface area contributed by atoms with Gasteiger partial charge in [0.1, 0.15) is 0 Å². The van der Waals surface area contributed by atoms with Gasteiger partial charge >= 0.3 is 0 Å². The van der Waals surface area contributed by atoms with E-state index in [9.17, 15) is 8.42 Å². The normalized spacial score (nSPS) is 11.7. The van der Waals surface area contributed by atoms with Crippen LogP contribution in [0.2, 0.25) is 0 Å². The van der Waals surface area contributed by atoms with Crippen molar-refractivity contribution in [2.24, 2.45) is 0 Å². The Hall–Kier alpha value is -0.910. The van der Waals surface area contributed by atoms with E-state index in [1.807, 2.05) is 26.8 Å². The van der Waals surface area contributed by atoms with Crippen molar-refractivity contribution in [2.75, 3.05) is 19.6 Å². The van der Waals surface area contributed by atoms with Crippen LogP contribution in [-0.2, 0) is 10.0 Å². The van der Waals surface area contributed by atoms with Gasteiger partial charge in [-0.1, -0.05) is 13.0 Å². The lowest BCUT2D eigenvalue weighted by atomic mass is 10.2. The summed E-state index contributed by atoms with van der Waals surface area (Å²) in [7, 11) is -3.37. The highest BCUT2D eigenvalue weighted by atomic mass is 32.2. The summed E-state index contributed by atoms with van der Waals surface area (Å²) >= 11 is 0. The van der Waals surface area contributed by atoms with Crippen molar-refractivity contribution >= 4 is 10.0 Å². The molecule has 4 nitrogen and oxygen atoms in total. The molecule has 0 bridgehead atoms. The number of nitrogens with one attached hydrogen (secondary N) is 2. The average molecular weight is 270 g/mol. The zero-order valence-corrected chi connectivity index (χ0v) is 12.1. The largest absolute Gasteiger partial charge is 0.317 e. The van der Waals surface area contributed by atoms with Crippen LogP contribution in [0.4, 0.5) is 0 Å². The highest BCUT2D eigenvalue weighted by molar-refractivity contribution is 7.89. The molecule has 0 fully saturated rings. The molecule has 0 aliphatic heterocycles. The van der Waals surface area contributed by atoms with Gasteiger partial charge in [-0.2, -0.15) is 0 Å². The predicted molar refractivity (Wildman–Crippen MR) is 74.3 cm³/mol. The summed E-state index contributed by atoms with van der Waals surface area (Å²) in [6, 6.07) is 5.35. The second-order valence-corrected chi connectivity index (χ2v) is 6.20. The SMILES string of the molecule is CCNCCCNS(=O)(=O)c1cc(C)cc(C)c1. The second kappa shape index (κ2) is 6.87. The molecule has 0 heterocycles. The van der Waals surface area contributed by atoms with Crippen molar-refractivity contribution in [3.8, 4) is 0 Å². The van der Waals surface area contributed by atoms with Crippen molar-refractivity contribution in [1.29, 1.82) is 0 Å². The Labute approximate surface area is 110 Å². The minimum absolute atomic E-state index is 0.350. The lowest BCUT2D eigenvalue weighted by Crippen LogP contribution is -2.27. The monoisotopic (exact) mass is 270 g/mol. The first-order valence-corrected chi connectivity index (χ1v) is 7.72. The molecule has 18 heavy (non-hydrogen) atoms. The molecule has 102 valence electrons. The van der Waals surface area contributed by atoms with Crippen LogP contribution in [0.3, 0.4) is 0 Å². The molecule has 0 amide bonds. The summed E-state index contributed by atoms with van der Waals surface area (Å²) < 4.78 is 26.7. The van der Waals surface area contributed by atoms with Gasteiger partial charge in [0.25, 0.3) is 0 Å². The van der Waals surface area contributed by atoms with E-state index in [2.05, 4.69) is 10.0 Å². The minimum atomic E-state index is -3.37. The van der Waals surface area contributed by atoms with Crippen LogP contribution in [0, 0.1) is 13.8 Å². The number of aryl methyl sites for hydroxylation is 2. The molecule has 1 aromatic carbocycles. The Morgan fingerprint density at radius 3 is 2.22 bits per heavy atom. The van der Waals surface area contributed by atoms with Crippen molar-refractivity contribution in [3.05, 3.63) is 29.3 Å². The molecule has 0 atom stereocenters. The van der Waals surface area contributed by atoms with Gasteiger partial charge in [-0.05, 0) is 56.6 Å². The first kappa shape index (κ1) is 15.1. The van der Waals surface area contributed by atoms with E-state index in [1.165, 1.54) is 0 Å². The van der Waals surface area contributed by atoms with E-state index in [0.29, 0.717) is 11.4 Å². The summed E-state index contributed by atoms with van der Waals surface area (Å²) in [5.74, 6) is 0. The summed E-state index contributed by atoms with van der Waals surface area (Å²) in [4.78, 5) is 0.350. The molecular weight excluding hydrogens is 248 g/mol. The number of sulfonamides is 1. The zero-order valence-electron chi connectivity index (χ0n) is 11.3. The highest BCUT2D eigenvalue weighted by Gasteiger charge is 2.13. The molecule has 1 aromatic rings. The summed E-state index contributed by atoms with van der Waals surface area (Å²) in [6.07, 6.45) is 0.790. The van der Waals surface area contributed by atoms with E-state index in [-0.39, 0.29) is 0 Å². The maximum absolute atomic E-state index is 12.0. The van der Waals surface area contributed by atoms with Gasteiger partial charge in [-0.3, -0.25) is 0 Å². The molecule has 0 saturated heterocycles. The number of benzene rings is 1. The topological polar surface area (TPSA) is 58.2 Å². The van der Waals surface area contributed by atoms with Gasteiger partial charge < -0.3 is 5.32 Å². The fourth-order valence-electron chi connectivity index (χ4n) is 1.77. The van der Waals surface area contributed by atoms with Crippen molar-refractivity contribution < 1.29 is 8.42 Å². The first-order valence-electron chi connectivity index (χ1n) is 6.24. The van der Waals surface area contributed by atoms with Gasteiger partial charge in [-0.25, -0.2) is 13.1 Å². The maximum atomic E-state index is 12.0. The van der Waals surface area contributed by atoms with Crippen LogP contribution in [-0.4, -0.2) is 28.1 Å². The molecule has 1 rings (SSSR count). The fourth-order valence-corrected chi connectivity index (χ4v) is 3.03. The van der Waals surface area contributed by atoms with Gasteiger partial charge in [0.15, 0.2) is 0 Å². The van der Waals surface area contributed by atoms with Crippen LogP contribution in [0.15, 0.2) is 23.1 Å². The van der Waals surface area contributed by atoms with Gasteiger partial charge in [0.2, 0.25) is 10.0 Å². The van der Waals surface area contributed by atoms with E-state index < -0.39 is 10.0 Å². The lowest BCUT2D eigenvalue weighted by Gasteiger charge is -2.08. The van der Waals surface area contributed by atoms with Crippen LogP contribution in [0.25, 0.3) is 0 Å². The van der Waals surface area contributed by atoms with E-state index in [4.69, 9.17) is 0 Å². The van der Waals surface area contributed by atoms with E-state index in [1.54, 1.807) is 12.1 Å². The Morgan fingerprint density at radius 1 is 1.06 bits per heavy atom. The average Bonchev–Trinajstić information content (AvgIpc) is 2.27. The number of hydrogen-bond acceptors (Lipinski definition) is 3. The minimum Gasteiger partial charge on any atom is -0.317 e. The van der Waals surface area contributed by atoms with Gasteiger partial charge in [-0.15, -0.1) is 0 Å². The van der Waals surface area contributed by atoms with E-state index >= 15 is 0 Å². The third-order valence-corrected chi connectivity index (χ3v) is 4.02. The summed E-state index contributed by atoms with van der Waals surface area (Å²) in [5, 5.41) is 3.16. The van der Waals surface area contributed by atoms with Crippen molar-refractivity contribution in [1.82, 2.24) is 10.0 Å². The Kier molecular flexibility index (Phi) is 5.78. The standard InChI is InChI=1S/C13H22N2O2S/c1-4-14-6-5-7-15-18(16,17)13-9-11(2)8-12(3)10-13/h8-10,14-15H,4-7H2,1-3H3. The summed E-state index contributed by atoms with van der Waals surface area (Å²) in [6.45, 7) is 8.02. The molecule has 0 aromatic heterocycles. The van der Waals surface area contributed by atoms with Crippen LogP contribution >= 0.6 is 0 Å². The Morgan fingerprint density at radius 2 is 1.67 bits per heavy atom. The zero-order chi connectivity index (χ0) is 13.6. The Balaban J connectivity index is 2.63. The van der Waals surface area contributed by atoms with E-state index in [0.717, 1.165) is 30.6 Å². The molecule has 0 spiro atoms. The summed E-state index contributed by atoms with van der Waals surface area (Å²) in [5.41, 5.74) is 1.92. The smallest absolute Gasteiger partial charge is 0.240 e. The molecule has 0 aliphatic rings. The number of hydrogen-bond donors (Lipinski definition) is 2. The fraction of sp³-hybridized carbons (Fsp3) is 0.538. The van der Waals surface area contributed by atoms with Crippen LogP contribution < -0.4 is 10.0 Å². The molecule has 2 N–H and O–H groups in total. The van der Waals surface area contributed by atoms with Crippen LogP contribution in [0.5, 0.6) is 0 Å². The predicted octanol–water partition coefficient (Wildman–Crippen LogP) is 1.58. The third kappa shape index (κ3) is 4.76. The maximum Gasteiger partial charge on any atom is 0.240 e. The molecular formula is C13H22N2O2S. The van der Waals surface area contributed by atoms with Crippen molar-refractivity contribution in [2.45, 2.75) is 32.1 Å². The molecule has 5 heteroatoms. The van der Waals surface area contributed by atoms with Crippen LogP contribution in [0.1, 0.15) is 24.5 Å². The number of rotatable bonds is 7. The molecule has 0 aliphatic carbocycles. The first-order chi connectivity index (χ1) is 8.45. The molecule has 0 radical (unpaired) electrons. The Bertz CT molecular complexity index is 464. The van der Waals surface area contributed by atoms with Gasteiger partial charge in [0.05, 0.1) is 4.90 Å². The van der Waals surface area contributed by atoms with Crippen molar-refractivity contribution in [3.63, 3.8) is 0 Å². The third-order valence-electron chi connectivity index (χ3n) is 2.58. The molecule has 0 saturated carbocycles. The quantitative estimate of drug-likeness (QED) is 0.740. The second-order valence-electron chi connectivity index (χ2n) is 4.43.